The highest BCUT2D eigenvalue weighted by atomic mass is 16.5. The third-order valence-electron chi connectivity index (χ3n) is 3.24. The summed E-state index contributed by atoms with van der Waals surface area (Å²) in [6, 6.07) is 5.80. The molecule has 0 aromatic heterocycles. The van der Waals surface area contributed by atoms with Gasteiger partial charge in [0.05, 0.1) is 20.6 Å². The first-order valence-corrected chi connectivity index (χ1v) is 6.44. The van der Waals surface area contributed by atoms with Crippen molar-refractivity contribution in [2.24, 2.45) is 0 Å². The monoisotopic (exact) mass is 264 g/mol. The van der Waals surface area contributed by atoms with E-state index in [0.29, 0.717) is 17.9 Å². The van der Waals surface area contributed by atoms with Crippen molar-refractivity contribution in [2.75, 3.05) is 27.3 Å². The summed E-state index contributed by atoms with van der Waals surface area (Å²) in [6.45, 7) is 1.83. The summed E-state index contributed by atoms with van der Waals surface area (Å²) in [5.74, 6) is 1.36. The van der Waals surface area contributed by atoms with E-state index in [0.717, 1.165) is 25.1 Å². The molecule has 5 heteroatoms. The van der Waals surface area contributed by atoms with Crippen molar-refractivity contribution in [3.63, 3.8) is 0 Å². The SMILES string of the molecule is COc1ccc(CC(=O)N[C@@H]2CCNC2)cc1OC. The van der Waals surface area contributed by atoms with Crippen LogP contribution in [-0.2, 0) is 11.2 Å². The lowest BCUT2D eigenvalue weighted by Crippen LogP contribution is -2.37. The minimum absolute atomic E-state index is 0.0425. The van der Waals surface area contributed by atoms with Crippen LogP contribution < -0.4 is 20.1 Å². The molecule has 19 heavy (non-hydrogen) atoms. The lowest BCUT2D eigenvalue weighted by molar-refractivity contribution is -0.121. The fraction of sp³-hybridized carbons (Fsp3) is 0.500. The normalized spacial score (nSPS) is 18.1. The minimum Gasteiger partial charge on any atom is -0.493 e. The highest BCUT2D eigenvalue weighted by Gasteiger charge is 2.17. The van der Waals surface area contributed by atoms with Gasteiger partial charge in [-0.1, -0.05) is 6.07 Å². The average Bonchev–Trinajstić information content (AvgIpc) is 2.91. The molecule has 0 bridgehead atoms. The first-order chi connectivity index (χ1) is 9.22. The Labute approximate surface area is 113 Å². The number of benzene rings is 1. The van der Waals surface area contributed by atoms with Crippen molar-refractivity contribution in [2.45, 2.75) is 18.9 Å². The molecule has 1 atom stereocenters. The third-order valence-corrected chi connectivity index (χ3v) is 3.24. The Kier molecular flexibility index (Phi) is 4.63. The molecule has 5 nitrogen and oxygen atoms in total. The maximum Gasteiger partial charge on any atom is 0.224 e. The van der Waals surface area contributed by atoms with Gasteiger partial charge >= 0.3 is 0 Å². The quantitative estimate of drug-likeness (QED) is 0.823. The first kappa shape index (κ1) is 13.7. The van der Waals surface area contributed by atoms with Crippen molar-refractivity contribution < 1.29 is 14.3 Å². The van der Waals surface area contributed by atoms with Crippen LogP contribution in [0.5, 0.6) is 11.5 Å². The summed E-state index contributed by atoms with van der Waals surface area (Å²) in [5, 5.41) is 6.24. The Bertz CT molecular complexity index is 442. The van der Waals surface area contributed by atoms with Crippen molar-refractivity contribution in [3.05, 3.63) is 23.8 Å². The van der Waals surface area contributed by atoms with Crippen LogP contribution in [-0.4, -0.2) is 39.3 Å². The van der Waals surface area contributed by atoms with Crippen LogP contribution in [0, 0.1) is 0 Å². The molecule has 1 fully saturated rings. The Balaban J connectivity index is 1.96. The Hall–Kier alpha value is -1.75. The van der Waals surface area contributed by atoms with Crippen molar-refractivity contribution in [3.8, 4) is 11.5 Å². The molecule has 0 spiro atoms. The molecule has 0 unspecified atom stereocenters. The lowest BCUT2D eigenvalue weighted by atomic mass is 10.1. The number of hydrogen-bond donors (Lipinski definition) is 2. The predicted molar refractivity (Wildman–Crippen MR) is 72.7 cm³/mol. The van der Waals surface area contributed by atoms with Gasteiger partial charge in [0, 0.05) is 12.6 Å². The number of carbonyl (C=O) groups excluding carboxylic acids is 1. The van der Waals surface area contributed by atoms with Gasteiger partial charge < -0.3 is 20.1 Å². The van der Waals surface area contributed by atoms with E-state index in [4.69, 9.17) is 9.47 Å². The number of amides is 1. The molecule has 1 aromatic carbocycles. The lowest BCUT2D eigenvalue weighted by Gasteiger charge is -2.12. The fourth-order valence-electron chi connectivity index (χ4n) is 2.23. The highest BCUT2D eigenvalue weighted by molar-refractivity contribution is 5.79. The summed E-state index contributed by atoms with van der Waals surface area (Å²) >= 11 is 0. The summed E-state index contributed by atoms with van der Waals surface area (Å²) in [7, 11) is 3.18. The first-order valence-electron chi connectivity index (χ1n) is 6.44. The minimum atomic E-state index is 0.0425. The molecular weight excluding hydrogens is 244 g/mol. The summed E-state index contributed by atoms with van der Waals surface area (Å²) in [5.41, 5.74) is 0.918. The van der Waals surface area contributed by atoms with Gasteiger partial charge in [0.1, 0.15) is 0 Å². The number of hydrogen-bond acceptors (Lipinski definition) is 4. The molecule has 1 amide bonds. The van der Waals surface area contributed by atoms with E-state index >= 15 is 0 Å². The summed E-state index contributed by atoms with van der Waals surface area (Å²) in [4.78, 5) is 11.9. The fourth-order valence-corrected chi connectivity index (χ4v) is 2.23. The summed E-state index contributed by atoms with van der Waals surface area (Å²) in [6.07, 6.45) is 1.36. The number of carbonyl (C=O) groups is 1. The molecule has 0 aliphatic carbocycles. The molecule has 1 aliphatic rings. The Morgan fingerprint density at radius 1 is 1.37 bits per heavy atom. The van der Waals surface area contributed by atoms with Gasteiger partial charge in [0.2, 0.25) is 5.91 Å². The average molecular weight is 264 g/mol. The van der Waals surface area contributed by atoms with Crippen LogP contribution in [0.25, 0.3) is 0 Å². The molecule has 2 N–H and O–H groups in total. The van der Waals surface area contributed by atoms with Crippen molar-refractivity contribution >= 4 is 5.91 Å². The number of ether oxygens (including phenoxy) is 2. The zero-order chi connectivity index (χ0) is 13.7. The van der Waals surface area contributed by atoms with Crippen LogP contribution >= 0.6 is 0 Å². The van der Waals surface area contributed by atoms with Crippen LogP contribution in [0.3, 0.4) is 0 Å². The highest BCUT2D eigenvalue weighted by Crippen LogP contribution is 2.27. The maximum absolute atomic E-state index is 11.9. The predicted octanol–water partition coefficient (Wildman–Crippen LogP) is 0.724. The van der Waals surface area contributed by atoms with Crippen molar-refractivity contribution in [1.82, 2.24) is 10.6 Å². The molecule has 1 heterocycles. The van der Waals surface area contributed by atoms with Gasteiger partial charge in [-0.05, 0) is 30.7 Å². The largest absolute Gasteiger partial charge is 0.493 e. The second-order valence-corrected chi connectivity index (χ2v) is 4.62. The van der Waals surface area contributed by atoms with E-state index in [1.54, 1.807) is 14.2 Å². The number of methoxy groups -OCH3 is 2. The molecule has 1 aliphatic heterocycles. The molecule has 2 rings (SSSR count). The molecule has 1 saturated heterocycles. The van der Waals surface area contributed by atoms with Crippen LogP contribution in [0.4, 0.5) is 0 Å². The van der Waals surface area contributed by atoms with E-state index in [9.17, 15) is 4.79 Å². The zero-order valence-electron chi connectivity index (χ0n) is 11.4. The van der Waals surface area contributed by atoms with Crippen LogP contribution in [0.2, 0.25) is 0 Å². The third kappa shape index (κ3) is 3.61. The smallest absolute Gasteiger partial charge is 0.224 e. The van der Waals surface area contributed by atoms with Gasteiger partial charge in [-0.25, -0.2) is 0 Å². The van der Waals surface area contributed by atoms with Gasteiger partial charge in [0.25, 0.3) is 0 Å². The number of nitrogens with one attached hydrogen (secondary N) is 2. The van der Waals surface area contributed by atoms with Gasteiger partial charge in [-0.3, -0.25) is 4.79 Å². The Morgan fingerprint density at radius 2 is 2.16 bits per heavy atom. The second kappa shape index (κ2) is 6.43. The van der Waals surface area contributed by atoms with E-state index < -0.39 is 0 Å². The maximum atomic E-state index is 11.9. The number of rotatable bonds is 5. The molecule has 0 radical (unpaired) electrons. The molecular formula is C14H20N2O3. The van der Waals surface area contributed by atoms with E-state index in [2.05, 4.69) is 10.6 Å². The topological polar surface area (TPSA) is 59.6 Å². The standard InChI is InChI=1S/C14H20N2O3/c1-18-12-4-3-10(7-13(12)19-2)8-14(17)16-11-5-6-15-9-11/h3-4,7,11,15H,5-6,8-9H2,1-2H3,(H,16,17)/t11-/m1/s1. The zero-order valence-corrected chi connectivity index (χ0v) is 11.4. The Morgan fingerprint density at radius 3 is 2.79 bits per heavy atom. The van der Waals surface area contributed by atoms with Crippen LogP contribution in [0.1, 0.15) is 12.0 Å². The van der Waals surface area contributed by atoms with Gasteiger partial charge in [-0.2, -0.15) is 0 Å². The molecule has 104 valence electrons. The molecule has 0 saturated carbocycles. The van der Waals surface area contributed by atoms with Gasteiger partial charge in [-0.15, -0.1) is 0 Å². The van der Waals surface area contributed by atoms with E-state index in [-0.39, 0.29) is 11.9 Å². The molecule has 1 aromatic rings. The van der Waals surface area contributed by atoms with Gasteiger partial charge in [0.15, 0.2) is 11.5 Å². The second-order valence-electron chi connectivity index (χ2n) is 4.62. The summed E-state index contributed by atoms with van der Waals surface area (Å²) < 4.78 is 10.4. The van der Waals surface area contributed by atoms with Crippen molar-refractivity contribution in [1.29, 1.82) is 0 Å². The van der Waals surface area contributed by atoms with E-state index in [1.807, 2.05) is 18.2 Å². The van der Waals surface area contributed by atoms with E-state index in [1.165, 1.54) is 0 Å². The van der Waals surface area contributed by atoms with Crippen LogP contribution in [0.15, 0.2) is 18.2 Å².